The van der Waals surface area contributed by atoms with Crippen LogP contribution in [0.4, 0.5) is 47.7 Å². The summed E-state index contributed by atoms with van der Waals surface area (Å²) in [6, 6.07) is 9.75. The lowest BCUT2D eigenvalue weighted by molar-refractivity contribution is -0.134. The summed E-state index contributed by atoms with van der Waals surface area (Å²) in [5, 5.41) is 15.6. The van der Waals surface area contributed by atoms with E-state index < -0.39 is 45.2 Å². The van der Waals surface area contributed by atoms with Crippen LogP contribution >= 0.6 is 15.9 Å². The fourth-order valence-electron chi connectivity index (χ4n) is 8.24. The summed E-state index contributed by atoms with van der Waals surface area (Å²) in [6.07, 6.45) is 6.12. The maximum atomic E-state index is 14.9. The minimum Gasteiger partial charge on any atom is -0.494 e. The van der Waals surface area contributed by atoms with Crippen LogP contribution < -0.4 is 40.5 Å². The number of carbonyl (C=O) groups is 2. The third kappa shape index (κ3) is 10.1. The Kier molecular flexibility index (Phi) is 13.7. The van der Waals surface area contributed by atoms with Gasteiger partial charge in [0.2, 0.25) is 27.8 Å². The van der Waals surface area contributed by atoms with E-state index in [0.717, 1.165) is 56.4 Å². The summed E-state index contributed by atoms with van der Waals surface area (Å²) in [4.78, 5) is 35.1. The number of rotatable bonds is 16. The Balaban J connectivity index is 0.911. The van der Waals surface area contributed by atoms with Crippen LogP contribution in [-0.4, -0.2) is 88.9 Å². The van der Waals surface area contributed by atoms with Crippen LogP contribution in [-0.2, 0) is 38.9 Å². The van der Waals surface area contributed by atoms with Crippen molar-refractivity contribution < 1.29 is 35.9 Å². The molecule has 3 aromatic carbocycles. The van der Waals surface area contributed by atoms with Gasteiger partial charge in [0.05, 0.1) is 40.8 Å². The van der Waals surface area contributed by atoms with Crippen molar-refractivity contribution in [3.05, 3.63) is 86.8 Å². The van der Waals surface area contributed by atoms with Crippen LogP contribution in [0, 0.1) is 17.5 Å². The first-order valence-corrected chi connectivity index (χ1v) is 22.9. The number of hydrogen-bond acceptors (Lipinski definition) is 12. The van der Waals surface area contributed by atoms with Gasteiger partial charge in [-0.3, -0.25) is 19.2 Å². The van der Waals surface area contributed by atoms with Crippen molar-refractivity contribution in [3.63, 3.8) is 0 Å². The topological polar surface area (TPSA) is 170 Å². The third-order valence-corrected chi connectivity index (χ3v) is 13.1. The Morgan fingerprint density at radius 3 is 2.38 bits per heavy atom. The van der Waals surface area contributed by atoms with Crippen LogP contribution in [0.2, 0.25) is 0 Å². The molecule has 2 amide bonds. The lowest BCUT2D eigenvalue weighted by Crippen LogP contribution is -2.44. The number of amides is 2. The first-order chi connectivity index (χ1) is 29.2. The van der Waals surface area contributed by atoms with Crippen molar-refractivity contribution >= 4 is 72.3 Å². The minimum absolute atomic E-state index is 0.0474. The Labute approximate surface area is 361 Å². The number of carbonyl (C=O) groups excluding carboxylic acids is 2. The van der Waals surface area contributed by atoms with Gasteiger partial charge >= 0.3 is 0 Å². The molecule has 0 bridgehead atoms. The van der Waals surface area contributed by atoms with Gasteiger partial charge in [0, 0.05) is 74.3 Å². The number of ether oxygens (including phenoxy) is 1. The first kappa shape index (κ1) is 44.1. The molecule has 0 saturated carbocycles. The van der Waals surface area contributed by atoms with E-state index in [4.69, 9.17) is 4.74 Å². The number of halogens is 4. The third-order valence-electron chi connectivity index (χ3n) is 11.4. The maximum absolute atomic E-state index is 14.9. The van der Waals surface area contributed by atoms with Gasteiger partial charge in [-0.25, -0.2) is 26.6 Å². The molecule has 0 unspecified atom stereocenters. The quantitative estimate of drug-likeness (QED) is 0.0663. The predicted octanol–water partition coefficient (Wildman–Crippen LogP) is 5.95. The Morgan fingerprint density at radius 1 is 0.934 bits per heavy atom. The monoisotopic (exact) mass is 927 g/mol. The van der Waals surface area contributed by atoms with Gasteiger partial charge in [-0.05, 0) is 102 Å². The number of piperidine rings is 2. The first-order valence-electron chi connectivity index (χ1n) is 20.3. The molecule has 3 aliphatic heterocycles. The number of anilines is 6. The highest BCUT2D eigenvalue weighted by Crippen LogP contribution is 2.41. The van der Waals surface area contributed by atoms with E-state index in [2.05, 4.69) is 64.3 Å². The normalized spacial score (nSPS) is 17.1. The van der Waals surface area contributed by atoms with Gasteiger partial charge in [0.1, 0.15) is 29.0 Å². The largest absolute Gasteiger partial charge is 0.494 e. The molecule has 0 spiro atoms. The number of aromatic nitrogens is 2. The number of nitrogens with one attached hydrogen (secondary N) is 5. The van der Waals surface area contributed by atoms with Gasteiger partial charge in [0.25, 0.3) is 0 Å². The predicted molar refractivity (Wildman–Crippen MR) is 232 cm³/mol. The molecule has 0 radical (unpaired) electrons. The number of methoxy groups -OCH3 is 1. The molecule has 61 heavy (non-hydrogen) atoms. The molecule has 4 heterocycles. The van der Waals surface area contributed by atoms with Crippen molar-refractivity contribution in [2.45, 2.75) is 63.8 Å². The van der Waals surface area contributed by atoms with Crippen LogP contribution in [0.3, 0.4) is 0 Å². The number of hydrogen-bond donors (Lipinski definition) is 5. The zero-order chi connectivity index (χ0) is 43.4. The van der Waals surface area contributed by atoms with Gasteiger partial charge in [-0.2, -0.15) is 4.98 Å². The highest BCUT2D eigenvalue weighted by Gasteiger charge is 2.33. The van der Waals surface area contributed by atoms with E-state index in [0.29, 0.717) is 64.1 Å². The average molecular weight is 929 g/mol. The molecular formula is C42H49BrF3N9O5S. The zero-order valence-electron chi connectivity index (χ0n) is 34.1. The van der Waals surface area contributed by atoms with Crippen molar-refractivity contribution in [1.29, 1.82) is 0 Å². The van der Waals surface area contributed by atoms with E-state index in [1.807, 2.05) is 12.1 Å². The molecule has 4 aromatic rings. The lowest BCUT2D eigenvalue weighted by Gasteiger charge is -2.35. The van der Waals surface area contributed by atoms with Crippen molar-refractivity contribution in [2.75, 3.05) is 72.5 Å². The number of aryl methyl sites for hydroxylation is 1. The number of sulfonamides is 1. The maximum Gasteiger partial charge on any atom is 0.234 e. The molecule has 326 valence electrons. The van der Waals surface area contributed by atoms with Crippen LogP contribution in [0.25, 0.3) is 0 Å². The van der Waals surface area contributed by atoms with Crippen molar-refractivity contribution in [3.8, 4) is 5.75 Å². The molecule has 3 aliphatic rings. The highest BCUT2D eigenvalue weighted by molar-refractivity contribution is 9.10. The highest BCUT2D eigenvalue weighted by atomic mass is 79.9. The minimum atomic E-state index is -3.64. The summed E-state index contributed by atoms with van der Waals surface area (Å²) in [7, 11) is -2.03. The second kappa shape index (κ2) is 19.0. The SMILES string of the molecule is CCc1cc(Nc2ncc(Br)c(Nc3ccc(F)c4c3N(S(C)(=O)=O)CC4)n2)c(OC)cc1N1CCC(NCCNCCc2cc(F)c([C@H]3CCC(=O)NC3=O)c(F)c2)CC1. The summed E-state index contributed by atoms with van der Waals surface area (Å²) in [6.45, 7) is 5.87. The molecule has 1 aromatic heterocycles. The van der Waals surface area contributed by atoms with Crippen molar-refractivity contribution in [2.24, 2.45) is 0 Å². The van der Waals surface area contributed by atoms with Gasteiger partial charge in [-0.1, -0.05) is 6.92 Å². The van der Waals surface area contributed by atoms with Gasteiger partial charge < -0.3 is 30.9 Å². The van der Waals surface area contributed by atoms with E-state index in [1.165, 1.54) is 28.6 Å². The summed E-state index contributed by atoms with van der Waals surface area (Å²) >= 11 is 3.49. The number of fused-ring (bicyclic) bond motifs is 1. The number of nitrogens with zero attached hydrogens (tertiary/aromatic N) is 4. The molecule has 14 nitrogen and oxygen atoms in total. The summed E-state index contributed by atoms with van der Waals surface area (Å²) in [5.74, 6) is -2.89. The van der Waals surface area contributed by atoms with E-state index >= 15 is 0 Å². The Morgan fingerprint density at radius 2 is 1.69 bits per heavy atom. The van der Waals surface area contributed by atoms with Gasteiger partial charge in [0.15, 0.2) is 0 Å². The van der Waals surface area contributed by atoms with Crippen LogP contribution in [0.15, 0.2) is 47.1 Å². The second-order valence-corrected chi connectivity index (χ2v) is 18.1. The standard InChI is InChI=1S/C42H49BrF3N9O5S/c1-4-25-21-34(51-42-49-23-29(43)40(53-42)50-33-7-6-30(44)27-12-18-55(39(27)33)61(3,58)59)36(60-2)22-35(25)54-16-10-26(11-17-54)48-15-14-47-13-9-24-19-31(45)38(32(46)20-24)28-5-8-37(56)52-41(28)57/h6-7,19-23,26,28,47-48H,4-5,8-18H2,1-3H3,(H,52,56,57)(H2,49,50,51,53)/t28-/m1/s1. The van der Waals surface area contributed by atoms with E-state index in [1.54, 1.807) is 13.3 Å². The lowest BCUT2D eigenvalue weighted by atomic mass is 9.89. The van der Waals surface area contributed by atoms with Gasteiger partial charge in [-0.15, -0.1) is 0 Å². The molecule has 0 aliphatic carbocycles. The summed E-state index contributed by atoms with van der Waals surface area (Å²) < 4.78 is 77.1. The van der Waals surface area contributed by atoms with Crippen molar-refractivity contribution in [1.82, 2.24) is 25.9 Å². The molecule has 5 N–H and O–H groups in total. The average Bonchev–Trinajstić information content (AvgIpc) is 3.70. The Hall–Kier alpha value is -4.98. The molecule has 2 fully saturated rings. The molecular weight excluding hydrogens is 879 g/mol. The van der Waals surface area contributed by atoms with E-state index in [-0.39, 0.29) is 43.0 Å². The van der Waals surface area contributed by atoms with E-state index in [9.17, 15) is 31.2 Å². The fraction of sp³-hybridized carbons (Fsp3) is 0.429. The number of imide groups is 1. The molecule has 19 heteroatoms. The molecule has 1 atom stereocenters. The molecule has 7 rings (SSSR count). The fourth-order valence-corrected chi connectivity index (χ4v) is 9.50. The van der Waals surface area contributed by atoms with Crippen LogP contribution in [0.5, 0.6) is 5.75 Å². The zero-order valence-corrected chi connectivity index (χ0v) is 36.5. The Bertz CT molecular complexity index is 2400. The summed E-state index contributed by atoms with van der Waals surface area (Å²) in [5.41, 5.74) is 4.07. The second-order valence-electron chi connectivity index (χ2n) is 15.4. The van der Waals surface area contributed by atoms with Crippen LogP contribution in [0.1, 0.15) is 60.8 Å². The molecule has 2 saturated heterocycles. The number of benzene rings is 3. The smallest absolute Gasteiger partial charge is 0.234 e.